The molecule has 4 rings (SSSR count). The van der Waals surface area contributed by atoms with Crippen LogP contribution in [0.25, 0.3) is 10.8 Å². The molecule has 1 unspecified atom stereocenters. The molecular formula is C23H28ClN3O3. The summed E-state index contributed by atoms with van der Waals surface area (Å²) in [5, 5.41) is 1.63. The van der Waals surface area contributed by atoms with Gasteiger partial charge in [-0.15, -0.1) is 12.4 Å². The van der Waals surface area contributed by atoms with Gasteiger partial charge in [-0.05, 0) is 49.6 Å². The lowest BCUT2D eigenvalue weighted by Crippen LogP contribution is -2.43. The van der Waals surface area contributed by atoms with E-state index in [2.05, 4.69) is 0 Å². The Morgan fingerprint density at radius 2 is 1.63 bits per heavy atom. The zero-order valence-electron chi connectivity index (χ0n) is 17.2. The molecule has 0 bridgehead atoms. The molecule has 2 aromatic rings. The first-order chi connectivity index (χ1) is 14.0. The minimum Gasteiger partial charge on any atom is -0.343 e. The molecule has 1 fully saturated rings. The Hall–Kier alpha value is -2.44. The summed E-state index contributed by atoms with van der Waals surface area (Å²) in [6.45, 7) is 3.75. The number of rotatable bonds is 5. The fourth-order valence-electron chi connectivity index (χ4n) is 4.50. The van der Waals surface area contributed by atoms with Crippen molar-refractivity contribution in [3.63, 3.8) is 0 Å². The normalized spacial score (nSPS) is 17.8. The van der Waals surface area contributed by atoms with Crippen molar-refractivity contribution in [3.8, 4) is 0 Å². The molecule has 7 heteroatoms. The lowest BCUT2D eigenvalue weighted by molar-refractivity contribution is -0.132. The first-order valence-electron chi connectivity index (χ1n) is 10.4. The summed E-state index contributed by atoms with van der Waals surface area (Å²) in [7, 11) is 0. The maximum atomic E-state index is 12.9. The van der Waals surface area contributed by atoms with Crippen LogP contribution in [0.5, 0.6) is 0 Å². The summed E-state index contributed by atoms with van der Waals surface area (Å²) < 4.78 is 0. The molecule has 0 radical (unpaired) electrons. The second kappa shape index (κ2) is 9.14. The number of hydrogen-bond donors (Lipinski definition) is 1. The second-order valence-electron chi connectivity index (χ2n) is 8.15. The third-order valence-corrected chi connectivity index (χ3v) is 6.26. The average molecular weight is 430 g/mol. The highest BCUT2D eigenvalue weighted by molar-refractivity contribution is 6.25. The Kier molecular flexibility index (Phi) is 6.78. The summed E-state index contributed by atoms with van der Waals surface area (Å²) in [5.74, 6) is 0.0203. The van der Waals surface area contributed by atoms with Gasteiger partial charge in [-0.2, -0.15) is 0 Å². The van der Waals surface area contributed by atoms with E-state index in [1.807, 2.05) is 36.1 Å². The molecule has 160 valence electrons. The van der Waals surface area contributed by atoms with E-state index in [1.165, 1.54) is 4.90 Å². The number of carbonyl (C=O) groups excluding carboxylic acids is 3. The quantitative estimate of drug-likeness (QED) is 0.739. The van der Waals surface area contributed by atoms with Crippen molar-refractivity contribution in [3.05, 3.63) is 47.5 Å². The van der Waals surface area contributed by atoms with Crippen LogP contribution in [-0.2, 0) is 4.79 Å². The van der Waals surface area contributed by atoms with Gasteiger partial charge in [0.15, 0.2) is 0 Å². The number of carbonyl (C=O) groups is 3. The van der Waals surface area contributed by atoms with Crippen molar-refractivity contribution in [2.75, 3.05) is 19.6 Å². The highest BCUT2D eigenvalue weighted by atomic mass is 35.5. The maximum absolute atomic E-state index is 12.9. The van der Waals surface area contributed by atoms with E-state index in [4.69, 9.17) is 5.73 Å². The van der Waals surface area contributed by atoms with Crippen LogP contribution in [0.15, 0.2) is 36.4 Å². The number of nitrogens with two attached hydrogens (primary N) is 1. The third-order valence-electron chi connectivity index (χ3n) is 6.26. The van der Waals surface area contributed by atoms with Gasteiger partial charge in [-0.3, -0.25) is 19.3 Å². The molecule has 2 aliphatic rings. The fraction of sp³-hybridized carbons (Fsp3) is 0.435. The first-order valence-corrected chi connectivity index (χ1v) is 10.4. The van der Waals surface area contributed by atoms with Crippen molar-refractivity contribution in [2.45, 2.75) is 38.6 Å². The first kappa shape index (κ1) is 22.2. The van der Waals surface area contributed by atoms with E-state index in [0.29, 0.717) is 29.9 Å². The molecule has 1 atom stereocenters. The zero-order chi connectivity index (χ0) is 20.5. The number of amides is 3. The number of halogens is 1. The summed E-state index contributed by atoms with van der Waals surface area (Å²) in [6.07, 6.45) is 2.69. The van der Waals surface area contributed by atoms with E-state index in [-0.39, 0.29) is 42.7 Å². The minimum absolute atomic E-state index is 0. The summed E-state index contributed by atoms with van der Waals surface area (Å²) in [6, 6.07) is 11.2. The summed E-state index contributed by atoms with van der Waals surface area (Å²) in [4.78, 5) is 41.5. The van der Waals surface area contributed by atoms with Crippen LogP contribution in [0.4, 0.5) is 0 Å². The Morgan fingerprint density at radius 1 is 1.07 bits per heavy atom. The molecule has 0 aliphatic carbocycles. The number of benzene rings is 2. The highest BCUT2D eigenvalue weighted by Crippen LogP contribution is 2.30. The van der Waals surface area contributed by atoms with Crippen molar-refractivity contribution >= 4 is 40.9 Å². The molecular weight excluding hydrogens is 402 g/mol. The molecule has 2 aliphatic heterocycles. The molecule has 0 saturated carbocycles. The Balaban J connectivity index is 0.00000256. The van der Waals surface area contributed by atoms with Gasteiger partial charge in [-0.1, -0.05) is 24.3 Å². The topological polar surface area (TPSA) is 83.7 Å². The minimum atomic E-state index is -0.274. The standard InChI is InChI=1S/C23H27N3O3.ClH/c1-15(24)16-10-13-25(14-11-16)20(27)9-4-12-26-22(28)18-7-2-5-17-6-3-8-19(21(17)18)23(26)29;/h2-3,5-8,15-16H,4,9-14,24H2,1H3;1H. The van der Waals surface area contributed by atoms with Crippen molar-refractivity contribution in [1.29, 1.82) is 0 Å². The highest BCUT2D eigenvalue weighted by Gasteiger charge is 2.32. The molecule has 30 heavy (non-hydrogen) atoms. The number of imide groups is 1. The molecule has 2 aromatic carbocycles. The SMILES string of the molecule is CC(N)C1CCN(C(=O)CCCN2C(=O)c3cccc4cccc(c34)C2=O)CC1.Cl. The van der Waals surface area contributed by atoms with E-state index in [0.717, 1.165) is 36.7 Å². The lowest BCUT2D eigenvalue weighted by Gasteiger charge is -2.34. The van der Waals surface area contributed by atoms with Crippen LogP contribution in [0.3, 0.4) is 0 Å². The molecule has 2 heterocycles. The van der Waals surface area contributed by atoms with Crippen LogP contribution in [0, 0.1) is 5.92 Å². The van der Waals surface area contributed by atoms with Crippen LogP contribution in [0.2, 0.25) is 0 Å². The number of nitrogens with zero attached hydrogens (tertiary/aromatic N) is 2. The smallest absolute Gasteiger partial charge is 0.261 e. The van der Waals surface area contributed by atoms with Crippen LogP contribution in [-0.4, -0.2) is 53.2 Å². The van der Waals surface area contributed by atoms with Gasteiger partial charge in [-0.25, -0.2) is 0 Å². The number of hydrogen-bond acceptors (Lipinski definition) is 4. The van der Waals surface area contributed by atoms with E-state index < -0.39 is 0 Å². The van der Waals surface area contributed by atoms with Gasteiger partial charge < -0.3 is 10.6 Å². The van der Waals surface area contributed by atoms with Gasteiger partial charge in [0.05, 0.1) is 0 Å². The predicted molar refractivity (Wildman–Crippen MR) is 119 cm³/mol. The van der Waals surface area contributed by atoms with Gasteiger partial charge in [0.1, 0.15) is 0 Å². The molecule has 3 amide bonds. The maximum Gasteiger partial charge on any atom is 0.261 e. The van der Waals surface area contributed by atoms with Gasteiger partial charge >= 0.3 is 0 Å². The molecule has 6 nitrogen and oxygen atoms in total. The van der Waals surface area contributed by atoms with E-state index in [1.54, 1.807) is 12.1 Å². The van der Waals surface area contributed by atoms with Gasteiger partial charge in [0, 0.05) is 48.6 Å². The average Bonchev–Trinajstić information content (AvgIpc) is 2.74. The van der Waals surface area contributed by atoms with Crippen molar-refractivity contribution < 1.29 is 14.4 Å². The van der Waals surface area contributed by atoms with Gasteiger partial charge in [0.2, 0.25) is 5.91 Å². The Morgan fingerprint density at radius 3 is 2.17 bits per heavy atom. The largest absolute Gasteiger partial charge is 0.343 e. The molecule has 1 saturated heterocycles. The Labute approximate surface area is 182 Å². The predicted octanol–water partition coefficient (Wildman–Crippen LogP) is 3.22. The van der Waals surface area contributed by atoms with E-state index in [9.17, 15) is 14.4 Å². The number of likely N-dealkylation sites (tertiary alicyclic amines) is 1. The van der Waals surface area contributed by atoms with Crippen LogP contribution in [0.1, 0.15) is 53.3 Å². The zero-order valence-corrected chi connectivity index (χ0v) is 18.0. The number of piperidine rings is 1. The van der Waals surface area contributed by atoms with Gasteiger partial charge in [0.25, 0.3) is 11.8 Å². The summed E-state index contributed by atoms with van der Waals surface area (Å²) >= 11 is 0. The molecule has 2 N–H and O–H groups in total. The Bertz CT molecular complexity index is 917. The third kappa shape index (κ3) is 4.07. The molecule has 0 aromatic heterocycles. The monoisotopic (exact) mass is 429 g/mol. The van der Waals surface area contributed by atoms with Crippen LogP contribution < -0.4 is 5.73 Å². The van der Waals surface area contributed by atoms with E-state index >= 15 is 0 Å². The van der Waals surface area contributed by atoms with Crippen molar-refractivity contribution in [2.24, 2.45) is 11.7 Å². The van der Waals surface area contributed by atoms with Crippen molar-refractivity contribution in [1.82, 2.24) is 9.80 Å². The fourth-order valence-corrected chi connectivity index (χ4v) is 4.50. The summed E-state index contributed by atoms with van der Waals surface area (Å²) in [5.41, 5.74) is 7.08. The van der Waals surface area contributed by atoms with Crippen LogP contribution >= 0.6 is 12.4 Å². The second-order valence-corrected chi connectivity index (χ2v) is 8.15. The molecule has 0 spiro atoms. The lowest BCUT2D eigenvalue weighted by atomic mass is 9.91.